The number of anilines is 1. The first-order valence-corrected chi connectivity index (χ1v) is 9.96. The number of carboxylic acid groups (broad SMARTS) is 1. The van der Waals surface area contributed by atoms with E-state index in [9.17, 15) is 14.7 Å². The molecule has 1 aliphatic rings. The van der Waals surface area contributed by atoms with Crippen molar-refractivity contribution in [3.63, 3.8) is 0 Å². The predicted molar refractivity (Wildman–Crippen MR) is 115 cm³/mol. The molecule has 2 N–H and O–H groups in total. The summed E-state index contributed by atoms with van der Waals surface area (Å²) >= 11 is 0. The van der Waals surface area contributed by atoms with E-state index in [4.69, 9.17) is 4.74 Å². The topological polar surface area (TPSA) is 85.9 Å². The Morgan fingerprint density at radius 3 is 2.37 bits per heavy atom. The van der Waals surface area contributed by atoms with E-state index in [-0.39, 0.29) is 5.78 Å². The number of H-pyrrole nitrogens is 1. The van der Waals surface area contributed by atoms with Crippen LogP contribution in [0.25, 0.3) is 10.9 Å². The van der Waals surface area contributed by atoms with Gasteiger partial charge in [0.25, 0.3) is 0 Å². The zero-order chi connectivity index (χ0) is 21.3. The molecule has 1 saturated heterocycles. The highest BCUT2D eigenvalue weighted by molar-refractivity contribution is 5.94. The number of methoxy groups -OCH3 is 1. The summed E-state index contributed by atoms with van der Waals surface area (Å²) in [4.78, 5) is 31.1. The van der Waals surface area contributed by atoms with Crippen molar-refractivity contribution >= 4 is 28.3 Å². The number of nitrogens with one attached hydrogen (secondary N) is 1. The van der Waals surface area contributed by atoms with E-state index in [1.807, 2.05) is 47.4 Å². The number of benzene rings is 2. The fourth-order valence-electron chi connectivity index (χ4n) is 4.18. The van der Waals surface area contributed by atoms with Crippen LogP contribution in [0.2, 0.25) is 0 Å². The van der Waals surface area contributed by atoms with Crippen molar-refractivity contribution < 1.29 is 19.4 Å². The average molecular weight is 407 g/mol. The van der Waals surface area contributed by atoms with Crippen LogP contribution < -0.4 is 9.64 Å². The number of carboxylic acids is 1. The number of nitrogens with zero attached hydrogens (tertiary/aromatic N) is 2. The third kappa shape index (κ3) is 3.64. The third-order valence-electron chi connectivity index (χ3n) is 5.78. The monoisotopic (exact) mass is 407 g/mol. The van der Waals surface area contributed by atoms with Gasteiger partial charge in [-0.15, -0.1) is 0 Å². The number of ether oxygens (including phenoxy) is 1. The normalized spacial score (nSPS) is 15.9. The molecular formula is C23H25N3O4. The van der Waals surface area contributed by atoms with Gasteiger partial charge in [-0.2, -0.15) is 0 Å². The van der Waals surface area contributed by atoms with Gasteiger partial charge >= 0.3 is 5.97 Å². The molecule has 1 fully saturated rings. The van der Waals surface area contributed by atoms with E-state index in [0.29, 0.717) is 24.4 Å². The number of fused-ring (bicyclic) bond motifs is 1. The van der Waals surface area contributed by atoms with Gasteiger partial charge in [0.2, 0.25) is 0 Å². The molecule has 0 saturated carbocycles. The average Bonchev–Trinajstić information content (AvgIpc) is 3.18. The van der Waals surface area contributed by atoms with E-state index >= 15 is 0 Å². The number of carbonyl (C=O) groups excluding carboxylic acids is 1. The Kier molecular flexibility index (Phi) is 5.46. The van der Waals surface area contributed by atoms with Crippen LogP contribution in [0.3, 0.4) is 0 Å². The Hall–Kier alpha value is -3.32. The van der Waals surface area contributed by atoms with Gasteiger partial charge in [-0.25, -0.2) is 0 Å². The lowest BCUT2D eigenvalue weighted by Crippen LogP contribution is -2.49. The Bertz CT molecular complexity index is 1070. The van der Waals surface area contributed by atoms with Gasteiger partial charge in [0.05, 0.1) is 12.6 Å². The van der Waals surface area contributed by atoms with Crippen molar-refractivity contribution in [2.45, 2.75) is 13.0 Å². The molecule has 7 heteroatoms. The van der Waals surface area contributed by atoms with Crippen LogP contribution in [0.1, 0.15) is 28.9 Å². The summed E-state index contributed by atoms with van der Waals surface area (Å²) in [5, 5.41) is 10.9. The lowest BCUT2D eigenvalue weighted by atomic mass is 10.0. The molecule has 0 unspecified atom stereocenters. The number of Topliss-reactive ketones (excluding diaryl/α,β-unsaturated/α-hetero) is 1. The van der Waals surface area contributed by atoms with Crippen LogP contribution in [-0.2, 0) is 4.79 Å². The highest BCUT2D eigenvalue weighted by atomic mass is 16.5. The van der Waals surface area contributed by atoms with Crippen molar-refractivity contribution in [1.82, 2.24) is 9.88 Å². The second kappa shape index (κ2) is 8.20. The maximum absolute atomic E-state index is 12.2. The SMILES string of the molecule is COc1cccc2c([C@@H](C(=O)O)N3CCN(c4ccc(C(C)=O)cc4)CC3)c[nH]c12. The maximum Gasteiger partial charge on any atom is 0.325 e. The van der Waals surface area contributed by atoms with Gasteiger partial charge in [0.15, 0.2) is 5.78 Å². The van der Waals surface area contributed by atoms with Gasteiger partial charge < -0.3 is 19.7 Å². The zero-order valence-electron chi connectivity index (χ0n) is 17.1. The van der Waals surface area contributed by atoms with Crippen LogP contribution in [0.15, 0.2) is 48.7 Å². The zero-order valence-corrected chi connectivity index (χ0v) is 17.1. The number of para-hydroxylation sites is 1. The molecule has 30 heavy (non-hydrogen) atoms. The Balaban J connectivity index is 1.53. The van der Waals surface area contributed by atoms with Gasteiger partial charge in [-0.3, -0.25) is 14.5 Å². The lowest BCUT2D eigenvalue weighted by Gasteiger charge is -2.38. The summed E-state index contributed by atoms with van der Waals surface area (Å²) in [6, 6.07) is 12.5. The van der Waals surface area contributed by atoms with Gasteiger partial charge in [-0.05, 0) is 37.3 Å². The molecule has 1 aromatic heterocycles. The summed E-state index contributed by atoms with van der Waals surface area (Å²) in [5.41, 5.74) is 3.29. The molecule has 0 amide bonds. The number of rotatable bonds is 6. The number of aromatic nitrogens is 1. The summed E-state index contributed by atoms with van der Waals surface area (Å²) < 4.78 is 5.39. The van der Waals surface area contributed by atoms with Crippen molar-refractivity contribution in [2.75, 3.05) is 38.2 Å². The molecular weight excluding hydrogens is 382 g/mol. The first-order chi connectivity index (χ1) is 14.5. The molecule has 156 valence electrons. The molecule has 0 aliphatic carbocycles. The van der Waals surface area contributed by atoms with Crippen molar-refractivity contribution in [1.29, 1.82) is 0 Å². The number of hydrogen-bond acceptors (Lipinski definition) is 5. The molecule has 0 radical (unpaired) electrons. The first kappa shape index (κ1) is 20.0. The summed E-state index contributed by atoms with van der Waals surface area (Å²) in [6.07, 6.45) is 1.78. The van der Waals surface area contributed by atoms with E-state index in [1.165, 1.54) is 0 Å². The minimum Gasteiger partial charge on any atom is -0.495 e. The predicted octanol–water partition coefficient (Wildman–Crippen LogP) is 3.33. The van der Waals surface area contributed by atoms with Gasteiger partial charge in [0.1, 0.15) is 11.8 Å². The standard InChI is InChI=1S/C23H25N3O4/c1-15(27)16-6-8-17(9-7-16)25-10-12-26(13-11-25)22(23(28)29)19-14-24-21-18(19)4-3-5-20(21)30-2/h3-9,14,22,24H,10-13H2,1-2H3,(H,28,29)/t22-/m0/s1. The first-order valence-electron chi connectivity index (χ1n) is 9.96. The number of carbonyl (C=O) groups is 2. The summed E-state index contributed by atoms with van der Waals surface area (Å²) in [7, 11) is 1.60. The van der Waals surface area contributed by atoms with E-state index < -0.39 is 12.0 Å². The second-order valence-electron chi connectivity index (χ2n) is 7.49. The summed E-state index contributed by atoms with van der Waals surface area (Å²) in [6.45, 7) is 4.24. The van der Waals surface area contributed by atoms with Crippen molar-refractivity contribution in [3.8, 4) is 5.75 Å². The number of hydrogen-bond donors (Lipinski definition) is 2. The molecule has 0 spiro atoms. The van der Waals surface area contributed by atoms with Crippen LogP contribution in [0.5, 0.6) is 5.75 Å². The van der Waals surface area contributed by atoms with Crippen LogP contribution in [0, 0.1) is 0 Å². The summed E-state index contributed by atoms with van der Waals surface area (Å²) in [5.74, 6) is -0.120. The third-order valence-corrected chi connectivity index (χ3v) is 5.78. The number of aliphatic carboxylic acids is 1. The molecule has 2 aromatic carbocycles. The number of piperazine rings is 1. The van der Waals surface area contributed by atoms with Crippen molar-refractivity contribution in [3.05, 3.63) is 59.8 Å². The van der Waals surface area contributed by atoms with Crippen LogP contribution >= 0.6 is 0 Å². The molecule has 4 rings (SSSR count). The molecule has 0 bridgehead atoms. The quantitative estimate of drug-likeness (QED) is 0.610. The number of ketones is 1. The minimum absolute atomic E-state index is 0.0472. The second-order valence-corrected chi connectivity index (χ2v) is 7.49. The van der Waals surface area contributed by atoms with Crippen molar-refractivity contribution in [2.24, 2.45) is 0 Å². The molecule has 1 aliphatic heterocycles. The minimum atomic E-state index is -0.863. The number of aromatic amines is 1. The van der Waals surface area contributed by atoms with Crippen LogP contribution in [0.4, 0.5) is 5.69 Å². The van der Waals surface area contributed by atoms with E-state index in [1.54, 1.807) is 20.2 Å². The molecule has 7 nitrogen and oxygen atoms in total. The molecule has 3 aromatic rings. The highest BCUT2D eigenvalue weighted by Crippen LogP contribution is 2.33. The van der Waals surface area contributed by atoms with E-state index in [2.05, 4.69) is 9.88 Å². The Labute approximate surface area is 174 Å². The van der Waals surface area contributed by atoms with Gasteiger partial charge in [-0.1, -0.05) is 12.1 Å². The highest BCUT2D eigenvalue weighted by Gasteiger charge is 2.32. The van der Waals surface area contributed by atoms with E-state index in [0.717, 1.165) is 35.2 Å². The van der Waals surface area contributed by atoms with Crippen LogP contribution in [-0.4, -0.2) is 60.0 Å². The van der Waals surface area contributed by atoms with Gasteiger partial charge in [0, 0.05) is 54.6 Å². The maximum atomic E-state index is 12.2. The lowest BCUT2D eigenvalue weighted by molar-refractivity contribution is -0.143. The fourth-order valence-corrected chi connectivity index (χ4v) is 4.18. The Morgan fingerprint density at radius 1 is 1.07 bits per heavy atom. The smallest absolute Gasteiger partial charge is 0.325 e. The fraction of sp³-hybridized carbons (Fsp3) is 0.304. The Morgan fingerprint density at radius 2 is 1.77 bits per heavy atom. The molecule has 2 heterocycles. The molecule has 1 atom stereocenters. The largest absolute Gasteiger partial charge is 0.495 e.